The van der Waals surface area contributed by atoms with Gasteiger partial charge >= 0.3 is 0 Å². The number of ether oxygens (including phenoxy) is 1. The quantitative estimate of drug-likeness (QED) is 0.773. The number of hydrogen-bond acceptors (Lipinski definition) is 6. The Morgan fingerprint density at radius 3 is 3.06 bits per heavy atom. The molecule has 0 aliphatic heterocycles. The van der Waals surface area contributed by atoms with Crippen molar-refractivity contribution in [3.63, 3.8) is 0 Å². The average Bonchev–Trinajstić information content (AvgIpc) is 2.70. The number of aromatic amines is 1. The lowest BCUT2D eigenvalue weighted by molar-refractivity contribution is 0.177. The summed E-state index contributed by atoms with van der Waals surface area (Å²) in [5.41, 5.74) is 5.67. The molecule has 0 saturated carbocycles. The molecule has 0 aliphatic rings. The highest BCUT2D eigenvalue weighted by molar-refractivity contribution is 7.99. The summed E-state index contributed by atoms with van der Waals surface area (Å²) >= 11 is 1.40. The minimum atomic E-state index is 0.344. The minimum Gasteiger partial charge on any atom is -0.384 e. The molecule has 0 amide bonds. The van der Waals surface area contributed by atoms with E-state index in [1.54, 1.807) is 25.6 Å². The zero-order valence-corrected chi connectivity index (χ0v) is 9.49. The second kappa shape index (κ2) is 4.95. The molecule has 2 heterocycles. The molecule has 0 radical (unpaired) electrons. The Morgan fingerprint density at radius 2 is 2.38 bits per heavy atom. The van der Waals surface area contributed by atoms with E-state index < -0.39 is 0 Å². The topological polar surface area (TPSA) is 89.7 Å². The van der Waals surface area contributed by atoms with E-state index in [1.165, 1.54) is 11.8 Å². The monoisotopic (exact) mass is 237 g/mol. The lowest BCUT2D eigenvalue weighted by Gasteiger charge is -2.03. The Hall–Kier alpha value is -1.60. The van der Waals surface area contributed by atoms with Gasteiger partial charge in [-0.2, -0.15) is 0 Å². The fourth-order valence-corrected chi connectivity index (χ4v) is 1.91. The van der Waals surface area contributed by atoms with Gasteiger partial charge in [-0.15, -0.1) is 0 Å². The highest BCUT2D eigenvalue weighted by Gasteiger charge is 2.05. The number of nitrogen functional groups attached to an aromatic ring is 1. The SMILES string of the molecule is COCc1nc(N)cc(Sc2ncc[nH]2)n1. The van der Waals surface area contributed by atoms with E-state index in [9.17, 15) is 0 Å². The highest BCUT2D eigenvalue weighted by atomic mass is 32.2. The van der Waals surface area contributed by atoms with Crippen LogP contribution in [0.5, 0.6) is 0 Å². The molecule has 6 nitrogen and oxygen atoms in total. The van der Waals surface area contributed by atoms with E-state index in [2.05, 4.69) is 19.9 Å². The molecule has 0 fully saturated rings. The second-order valence-corrected chi connectivity index (χ2v) is 3.99. The second-order valence-electron chi connectivity index (χ2n) is 2.98. The Labute approximate surface area is 96.7 Å². The molecule has 0 saturated heterocycles. The standard InChI is InChI=1S/C9H11N5OS/c1-15-5-7-13-6(10)4-8(14-7)16-9-11-2-3-12-9/h2-4H,5H2,1H3,(H,11,12)(H2,10,13,14). The number of aromatic nitrogens is 4. The molecule has 0 spiro atoms. The molecule has 0 aromatic carbocycles. The fraction of sp³-hybridized carbons (Fsp3) is 0.222. The lowest BCUT2D eigenvalue weighted by Crippen LogP contribution is -2.01. The van der Waals surface area contributed by atoms with E-state index in [1.807, 2.05) is 0 Å². The van der Waals surface area contributed by atoms with Gasteiger partial charge in [-0.3, -0.25) is 0 Å². The largest absolute Gasteiger partial charge is 0.384 e. The first-order valence-electron chi connectivity index (χ1n) is 4.57. The van der Waals surface area contributed by atoms with Crippen molar-refractivity contribution in [2.75, 3.05) is 12.8 Å². The maximum absolute atomic E-state index is 5.67. The molecule has 2 aromatic rings. The number of nitrogens with two attached hydrogens (primary N) is 1. The van der Waals surface area contributed by atoms with Crippen LogP contribution in [0.25, 0.3) is 0 Å². The Morgan fingerprint density at radius 1 is 1.50 bits per heavy atom. The summed E-state index contributed by atoms with van der Waals surface area (Å²) in [5, 5.41) is 1.51. The van der Waals surface area contributed by atoms with Gasteiger partial charge < -0.3 is 15.5 Å². The molecular formula is C9H11N5OS. The normalized spacial score (nSPS) is 10.6. The van der Waals surface area contributed by atoms with E-state index >= 15 is 0 Å². The van der Waals surface area contributed by atoms with Crippen molar-refractivity contribution in [2.45, 2.75) is 16.8 Å². The third kappa shape index (κ3) is 2.71. The van der Waals surface area contributed by atoms with Crippen LogP contribution in [0.15, 0.2) is 28.6 Å². The molecular weight excluding hydrogens is 226 g/mol. The van der Waals surface area contributed by atoms with Crippen molar-refractivity contribution in [3.8, 4) is 0 Å². The van der Waals surface area contributed by atoms with Gasteiger partial charge in [-0.25, -0.2) is 15.0 Å². The van der Waals surface area contributed by atoms with Crippen molar-refractivity contribution < 1.29 is 4.74 Å². The lowest BCUT2D eigenvalue weighted by atomic mass is 10.5. The number of methoxy groups -OCH3 is 1. The maximum atomic E-state index is 5.67. The minimum absolute atomic E-state index is 0.344. The molecule has 2 rings (SSSR count). The van der Waals surface area contributed by atoms with Crippen LogP contribution in [0.1, 0.15) is 5.82 Å². The first-order valence-corrected chi connectivity index (χ1v) is 5.39. The van der Waals surface area contributed by atoms with Gasteiger partial charge in [-0.1, -0.05) is 0 Å². The van der Waals surface area contributed by atoms with Crippen molar-refractivity contribution in [1.29, 1.82) is 0 Å². The van der Waals surface area contributed by atoms with Crippen molar-refractivity contribution in [3.05, 3.63) is 24.3 Å². The Bertz CT molecular complexity index is 459. The first kappa shape index (κ1) is 10.9. The van der Waals surface area contributed by atoms with Crippen LogP contribution in [0.3, 0.4) is 0 Å². The molecule has 0 atom stereocenters. The van der Waals surface area contributed by atoms with Crippen LogP contribution in [0.2, 0.25) is 0 Å². The van der Waals surface area contributed by atoms with Crippen LogP contribution in [-0.2, 0) is 11.3 Å². The predicted molar refractivity (Wildman–Crippen MR) is 59.9 cm³/mol. The number of H-pyrrole nitrogens is 1. The van der Waals surface area contributed by atoms with Crippen LogP contribution < -0.4 is 5.73 Å². The third-order valence-corrected chi connectivity index (χ3v) is 2.55. The van der Waals surface area contributed by atoms with Gasteiger partial charge in [0, 0.05) is 25.6 Å². The van der Waals surface area contributed by atoms with Gasteiger partial charge in [0.1, 0.15) is 17.5 Å². The molecule has 3 N–H and O–H groups in total. The highest BCUT2D eigenvalue weighted by Crippen LogP contribution is 2.23. The van der Waals surface area contributed by atoms with Crippen LogP contribution in [-0.4, -0.2) is 27.0 Å². The molecule has 0 bridgehead atoms. The van der Waals surface area contributed by atoms with Crippen molar-refractivity contribution >= 4 is 17.6 Å². The van der Waals surface area contributed by atoms with E-state index in [-0.39, 0.29) is 0 Å². The molecule has 0 aliphatic carbocycles. The summed E-state index contributed by atoms with van der Waals surface area (Å²) in [4.78, 5) is 15.4. The van der Waals surface area contributed by atoms with Gasteiger partial charge in [0.2, 0.25) is 0 Å². The van der Waals surface area contributed by atoms with Gasteiger partial charge in [0.15, 0.2) is 11.0 Å². The molecule has 0 unspecified atom stereocenters. The fourth-order valence-electron chi connectivity index (χ4n) is 1.14. The van der Waals surface area contributed by atoms with Crippen molar-refractivity contribution in [1.82, 2.24) is 19.9 Å². The van der Waals surface area contributed by atoms with Gasteiger partial charge in [0.25, 0.3) is 0 Å². The zero-order valence-electron chi connectivity index (χ0n) is 8.67. The van der Waals surface area contributed by atoms with Crippen LogP contribution in [0.4, 0.5) is 5.82 Å². The summed E-state index contributed by atoms with van der Waals surface area (Å²) in [6.07, 6.45) is 3.44. The number of anilines is 1. The first-order chi connectivity index (χ1) is 7.78. The molecule has 16 heavy (non-hydrogen) atoms. The zero-order chi connectivity index (χ0) is 11.4. The number of imidazole rings is 1. The molecule has 2 aromatic heterocycles. The average molecular weight is 237 g/mol. The number of hydrogen-bond donors (Lipinski definition) is 2. The molecule has 7 heteroatoms. The number of rotatable bonds is 4. The number of nitrogens with one attached hydrogen (secondary N) is 1. The summed E-state index contributed by atoms with van der Waals surface area (Å²) in [7, 11) is 1.59. The molecule has 84 valence electrons. The predicted octanol–water partition coefficient (Wildman–Crippen LogP) is 1.08. The maximum Gasteiger partial charge on any atom is 0.171 e. The Balaban J connectivity index is 2.20. The van der Waals surface area contributed by atoms with Gasteiger partial charge in [0.05, 0.1) is 0 Å². The summed E-state index contributed by atoms with van der Waals surface area (Å²) in [5.74, 6) is 0.993. The smallest absolute Gasteiger partial charge is 0.171 e. The van der Waals surface area contributed by atoms with E-state index in [0.29, 0.717) is 18.2 Å². The summed E-state index contributed by atoms with van der Waals surface area (Å²) in [6, 6.07) is 1.70. The Kier molecular flexibility index (Phi) is 3.37. The van der Waals surface area contributed by atoms with Crippen LogP contribution in [0, 0.1) is 0 Å². The summed E-state index contributed by atoms with van der Waals surface area (Å²) < 4.78 is 4.96. The summed E-state index contributed by atoms with van der Waals surface area (Å²) in [6.45, 7) is 0.344. The van der Waals surface area contributed by atoms with Crippen LogP contribution >= 0.6 is 11.8 Å². The third-order valence-electron chi connectivity index (χ3n) is 1.72. The van der Waals surface area contributed by atoms with Crippen molar-refractivity contribution in [2.24, 2.45) is 0 Å². The van der Waals surface area contributed by atoms with E-state index in [4.69, 9.17) is 10.5 Å². The number of nitrogens with zero attached hydrogens (tertiary/aromatic N) is 3. The van der Waals surface area contributed by atoms with Gasteiger partial charge in [-0.05, 0) is 11.8 Å². The van der Waals surface area contributed by atoms with E-state index in [0.717, 1.165) is 10.2 Å².